The smallest absolute Gasteiger partial charge is 0.277 e. The van der Waals surface area contributed by atoms with Crippen molar-refractivity contribution in [2.24, 2.45) is 5.73 Å². The zero-order chi connectivity index (χ0) is 16.1. The molecule has 1 aromatic carbocycles. The Morgan fingerprint density at radius 1 is 1.27 bits per heavy atom. The van der Waals surface area contributed by atoms with E-state index in [1.165, 1.54) is 0 Å². The zero-order valence-corrected chi connectivity index (χ0v) is 11.8. The number of primary amides is 1. The van der Waals surface area contributed by atoms with Gasteiger partial charge in [0.15, 0.2) is 0 Å². The van der Waals surface area contributed by atoms with Crippen LogP contribution in [0.5, 0.6) is 0 Å². The number of carbonyl (C=O) groups excluding carboxylic acids is 2. The molecule has 0 saturated heterocycles. The van der Waals surface area contributed by atoms with Crippen LogP contribution < -0.4 is 11.1 Å². The van der Waals surface area contributed by atoms with Crippen LogP contribution in [0.4, 0.5) is 8.78 Å². The van der Waals surface area contributed by atoms with Crippen molar-refractivity contribution < 1.29 is 22.8 Å². The normalized spacial score (nSPS) is 10.5. The monoisotopic (exact) mass is 328 g/mol. The predicted molar refractivity (Wildman–Crippen MR) is 71.7 cm³/mol. The number of rotatable bonds is 6. The second kappa shape index (κ2) is 6.98. The molecule has 2 aromatic rings. The van der Waals surface area contributed by atoms with Crippen molar-refractivity contribution in [2.75, 3.05) is 5.75 Å². The largest absolute Gasteiger partial charge is 0.414 e. The van der Waals surface area contributed by atoms with E-state index < -0.39 is 29.0 Å². The van der Waals surface area contributed by atoms with Gasteiger partial charge in [0, 0.05) is 0 Å². The minimum Gasteiger partial charge on any atom is -0.414 e. The van der Waals surface area contributed by atoms with Gasteiger partial charge in [-0.25, -0.2) is 8.78 Å². The van der Waals surface area contributed by atoms with E-state index in [2.05, 4.69) is 15.5 Å². The van der Waals surface area contributed by atoms with E-state index in [0.29, 0.717) is 0 Å². The van der Waals surface area contributed by atoms with Crippen molar-refractivity contribution in [3.63, 3.8) is 0 Å². The first-order valence-electron chi connectivity index (χ1n) is 5.93. The van der Waals surface area contributed by atoms with E-state index in [0.717, 1.165) is 30.0 Å². The molecule has 0 bridgehead atoms. The van der Waals surface area contributed by atoms with Crippen LogP contribution in [0.2, 0.25) is 0 Å². The average molecular weight is 328 g/mol. The summed E-state index contributed by atoms with van der Waals surface area (Å²) in [5, 5.41) is 9.58. The molecular weight excluding hydrogens is 318 g/mol. The van der Waals surface area contributed by atoms with Gasteiger partial charge in [0.2, 0.25) is 11.8 Å². The fourth-order valence-electron chi connectivity index (χ4n) is 1.46. The fourth-order valence-corrected chi connectivity index (χ4v) is 1.98. The summed E-state index contributed by atoms with van der Waals surface area (Å²) < 4.78 is 31.9. The maximum absolute atomic E-state index is 13.4. The molecule has 0 aliphatic carbocycles. The highest BCUT2D eigenvalue weighted by Crippen LogP contribution is 2.16. The molecule has 0 aliphatic rings. The molecule has 3 N–H and O–H groups in total. The molecule has 0 spiro atoms. The van der Waals surface area contributed by atoms with E-state index >= 15 is 0 Å². The average Bonchev–Trinajstić information content (AvgIpc) is 2.90. The zero-order valence-electron chi connectivity index (χ0n) is 11.0. The molecule has 0 radical (unpaired) electrons. The van der Waals surface area contributed by atoms with E-state index in [1.807, 2.05) is 0 Å². The van der Waals surface area contributed by atoms with Gasteiger partial charge in [0.05, 0.1) is 12.3 Å². The Morgan fingerprint density at radius 2 is 1.95 bits per heavy atom. The minimum absolute atomic E-state index is 0.0251. The highest BCUT2D eigenvalue weighted by molar-refractivity contribution is 7.99. The number of hydrogen-bond donors (Lipinski definition) is 2. The summed E-state index contributed by atoms with van der Waals surface area (Å²) >= 11 is 0.937. The number of halogens is 2. The third kappa shape index (κ3) is 4.01. The molecule has 2 rings (SSSR count). The number of nitrogens with two attached hydrogens (primary N) is 1. The van der Waals surface area contributed by atoms with Crippen LogP contribution in [0.1, 0.15) is 16.2 Å². The number of amides is 2. The summed E-state index contributed by atoms with van der Waals surface area (Å²) in [5.41, 5.74) is 4.27. The Morgan fingerprint density at radius 3 is 2.59 bits per heavy atom. The van der Waals surface area contributed by atoms with Crippen LogP contribution >= 0.6 is 11.8 Å². The Bertz CT molecular complexity index is 687. The quantitative estimate of drug-likeness (QED) is 0.761. The van der Waals surface area contributed by atoms with Crippen LogP contribution in [0.15, 0.2) is 27.8 Å². The molecule has 0 unspecified atom stereocenters. The summed E-state index contributed by atoms with van der Waals surface area (Å²) in [6.45, 7) is -0.212. The van der Waals surface area contributed by atoms with Gasteiger partial charge in [0.25, 0.3) is 11.1 Å². The van der Waals surface area contributed by atoms with Crippen molar-refractivity contribution in [1.82, 2.24) is 15.5 Å². The first kappa shape index (κ1) is 15.9. The number of aromatic nitrogens is 2. The molecule has 10 heteroatoms. The lowest BCUT2D eigenvalue weighted by molar-refractivity contribution is -0.115. The number of thioether (sulfide) groups is 1. The fraction of sp³-hybridized carbons (Fsp3) is 0.167. The lowest BCUT2D eigenvalue weighted by Crippen LogP contribution is -2.25. The second-order valence-corrected chi connectivity index (χ2v) is 4.92. The van der Waals surface area contributed by atoms with Gasteiger partial charge in [-0.1, -0.05) is 17.8 Å². The number of carbonyl (C=O) groups is 2. The lowest BCUT2D eigenvalue weighted by Gasteiger charge is -2.04. The van der Waals surface area contributed by atoms with Gasteiger partial charge < -0.3 is 15.5 Å². The Kier molecular flexibility index (Phi) is 5.04. The molecule has 1 aromatic heterocycles. The van der Waals surface area contributed by atoms with Gasteiger partial charge in [0.1, 0.15) is 17.2 Å². The first-order valence-corrected chi connectivity index (χ1v) is 6.91. The van der Waals surface area contributed by atoms with Gasteiger partial charge >= 0.3 is 0 Å². The minimum atomic E-state index is -0.972. The van der Waals surface area contributed by atoms with Crippen LogP contribution in [0.25, 0.3) is 0 Å². The topological polar surface area (TPSA) is 111 Å². The van der Waals surface area contributed by atoms with Crippen molar-refractivity contribution >= 4 is 23.6 Å². The van der Waals surface area contributed by atoms with Crippen LogP contribution in [0.3, 0.4) is 0 Å². The molecular formula is C12H10F2N4O3S. The standard InChI is InChI=1S/C12H10F2N4O3S/c13-6-2-1-3-7(14)10(6)11(20)16-4-9-17-18-12(21-9)22-5-8(15)19/h1-3H,4-5H2,(H2,15,19)(H,16,20). The Labute approximate surface area is 127 Å². The second-order valence-electron chi connectivity index (χ2n) is 4.00. The van der Waals surface area contributed by atoms with Crippen LogP contribution in [-0.2, 0) is 11.3 Å². The first-order chi connectivity index (χ1) is 10.5. The van der Waals surface area contributed by atoms with E-state index in [4.69, 9.17) is 10.2 Å². The van der Waals surface area contributed by atoms with Crippen molar-refractivity contribution in [2.45, 2.75) is 11.8 Å². The van der Waals surface area contributed by atoms with Crippen LogP contribution in [0, 0.1) is 11.6 Å². The summed E-state index contributed by atoms with van der Waals surface area (Å²) in [6, 6.07) is 3.11. The van der Waals surface area contributed by atoms with E-state index in [9.17, 15) is 18.4 Å². The van der Waals surface area contributed by atoms with Gasteiger partial charge in [-0.3, -0.25) is 9.59 Å². The van der Waals surface area contributed by atoms with Crippen molar-refractivity contribution in [3.05, 3.63) is 41.3 Å². The maximum Gasteiger partial charge on any atom is 0.277 e. The SMILES string of the molecule is NC(=O)CSc1nnc(CNC(=O)c2c(F)cccc2F)o1. The predicted octanol–water partition coefficient (Wildman–Crippen LogP) is 0.855. The maximum atomic E-state index is 13.4. The highest BCUT2D eigenvalue weighted by atomic mass is 32.2. The van der Waals surface area contributed by atoms with Crippen molar-refractivity contribution in [3.8, 4) is 0 Å². The number of benzene rings is 1. The molecule has 7 nitrogen and oxygen atoms in total. The van der Waals surface area contributed by atoms with Gasteiger partial charge in [-0.05, 0) is 12.1 Å². The highest BCUT2D eigenvalue weighted by Gasteiger charge is 2.17. The summed E-state index contributed by atoms with van der Waals surface area (Å²) in [5.74, 6) is -3.44. The lowest BCUT2D eigenvalue weighted by atomic mass is 10.2. The summed E-state index contributed by atoms with van der Waals surface area (Å²) in [4.78, 5) is 22.3. The number of hydrogen-bond acceptors (Lipinski definition) is 6. The summed E-state index contributed by atoms with van der Waals surface area (Å²) in [7, 11) is 0. The number of nitrogens with one attached hydrogen (secondary N) is 1. The molecule has 2 amide bonds. The van der Waals surface area contributed by atoms with Gasteiger partial charge in [-0.2, -0.15) is 0 Å². The molecule has 0 aliphatic heterocycles. The molecule has 0 saturated carbocycles. The Balaban J connectivity index is 1.95. The number of nitrogens with zero attached hydrogens (tertiary/aromatic N) is 2. The van der Waals surface area contributed by atoms with Crippen molar-refractivity contribution in [1.29, 1.82) is 0 Å². The van der Waals surface area contributed by atoms with Gasteiger partial charge in [-0.15, -0.1) is 10.2 Å². The third-order valence-electron chi connectivity index (χ3n) is 2.38. The summed E-state index contributed by atoms with van der Waals surface area (Å²) in [6.07, 6.45) is 0. The molecule has 0 fully saturated rings. The molecule has 0 atom stereocenters. The molecule has 22 heavy (non-hydrogen) atoms. The van der Waals surface area contributed by atoms with E-state index in [-0.39, 0.29) is 23.4 Å². The Hall–Kier alpha value is -2.49. The van der Waals surface area contributed by atoms with E-state index in [1.54, 1.807) is 0 Å². The van der Waals surface area contributed by atoms with Crippen LogP contribution in [-0.4, -0.2) is 27.8 Å². The molecule has 1 heterocycles. The third-order valence-corrected chi connectivity index (χ3v) is 3.22. The molecule has 116 valence electrons.